The maximum Gasteiger partial charge on any atom is 0.0438 e. The van der Waals surface area contributed by atoms with E-state index in [1.54, 1.807) is 0 Å². The third-order valence-electron chi connectivity index (χ3n) is 2.97. The molecule has 0 N–H and O–H groups in total. The molecule has 0 radical (unpaired) electrons. The third kappa shape index (κ3) is 1.74. The first-order valence-electron chi connectivity index (χ1n) is 5.26. The van der Waals surface area contributed by atoms with E-state index in [9.17, 15) is 0 Å². The highest BCUT2D eigenvalue weighted by molar-refractivity contribution is 5.27. The Bertz CT molecular complexity index is 304. The van der Waals surface area contributed by atoms with Crippen LogP contribution in [0.2, 0.25) is 0 Å². The second-order valence-electron chi connectivity index (χ2n) is 4.15. The largest absolute Gasteiger partial charge is 0.261 e. The van der Waals surface area contributed by atoms with Gasteiger partial charge < -0.3 is 0 Å². The molecule has 1 heteroatoms. The average Bonchev–Trinajstić information content (AvgIpc) is 2.17. The fraction of sp³-hybridized carbons (Fsp3) is 0.583. The van der Waals surface area contributed by atoms with Crippen LogP contribution in [0, 0.1) is 5.92 Å². The number of hydrogen-bond donors (Lipinski definition) is 0. The number of nitrogens with zero attached hydrogens (tertiary/aromatic N) is 1. The quantitative estimate of drug-likeness (QED) is 0.639. The molecule has 0 aromatic carbocycles. The van der Waals surface area contributed by atoms with Gasteiger partial charge in [-0.2, -0.15) is 0 Å². The van der Waals surface area contributed by atoms with Gasteiger partial charge in [0, 0.05) is 11.9 Å². The lowest BCUT2D eigenvalue weighted by Crippen LogP contribution is -2.13. The van der Waals surface area contributed by atoms with E-state index in [1.807, 2.05) is 6.20 Å². The molecule has 0 saturated carbocycles. The van der Waals surface area contributed by atoms with Crippen molar-refractivity contribution in [1.29, 1.82) is 0 Å². The highest BCUT2D eigenvalue weighted by Gasteiger charge is 2.15. The molecular formula is C12H17N. The predicted octanol–water partition coefficient (Wildman–Crippen LogP) is 2.77. The molecule has 1 atom stereocenters. The van der Waals surface area contributed by atoms with Crippen molar-refractivity contribution in [2.24, 2.45) is 5.92 Å². The Morgan fingerprint density at radius 3 is 3.15 bits per heavy atom. The van der Waals surface area contributed by atoms with Gasteiger partial charge in [0.05, 0.1) is 0 Å². The maximum absolute atomic E-state index is 4.54. The van der Waals surface area contributed by atoms with Gasteiger partial charge in [-0.25, -0.2) is 0 Å². The van der Waals surface area contributed by atoms with Gasteiger partial charge in [-0.05, 0) is 42.7 Å². The smallest absolute Gasteiger partial charge is 0.0438 e. The van der Waals surface area contributed by atoms with Gasteiger partial charge in [0.15, 0.2) is 0 Å². The lowest BCUT2D eigenvalue weighted by atomic mass is 9.87. The maximum atomic E-state index is 4.54. The van der Waals surface area contributed by atoms with Gasteiger partial charge in [-0.1, -0.05) is 19.9 Å². The Morgan fingerprint density at radius 2 is 2.38 bits per heavy atom. The van der Waals surface area contributed by atoms with Gasteiger partial charge in [-0.15, -0.1) is 0 Å². The molecule has 1 aliphatic rings. The van der Waals surface area contributed by atoms with Crippen molar-refractivity contribution in [3.8, 4) is 0 Å². The molecule has 2 rings (SSSR count). The highest BCUT2D eigenvalue weighted by Crippen LogP contribution is 2.24. The molecule has 1 unspecified atom stereocenters. The lowest BCUT2D eigenvalue weighted by Gasteiger charge is -2.20. The summed E-state index contributed by atoms with van der Waals surface area (Å²) in [6.07, 6.45) is 6.89. The third-order valence-corrected chi connectivity index (χ3v) is 2.97. The summed E-state index contributed by atoms with van der Waals surface area (Å²) in [5.41, 5.74) is 4.22. The van der Waals surface area contributed by atoms with Crippen molar-refractivity contribution in [2.45, 2.75) is 39.5 Å². The Hall–Kier alpha value is -0.850. The van der Waals surface area contributed by atoms with Crippen LogP contribution in [0.1, 0.15) is 37.1 Å². The van der Waals surface area contributed by atoms with E-state index < -0.39 is 0 Å². The predicted molar refractivity (Wildman–Crippen MR) is 54.8 cm³/mol. The molecule has 13 heavy (non-hydrogen) atoms. The fourth-order valence-electron chi connectivity index (χ4n) is 2.02. The Labute approximate surface area is 80.2 Å². The summed E-state index contributed by atoms with van der Waals surface area (Å²) in [5.74, 6) is 0.826. The van der Waals surface area contributed by atoms with Crippen LogP contribution in [0.15, 0.2) is 12.3 Å². The van der Waals surface area contributed by atoms with Crippen molar-refractivity contribution < 1.29 is 0 Å². The molecule has 1 aromatic rings. The van der Waals surface area contributed by atoms with Crippen LogP contribution in [0.3, 0.4) is 0 Å². The SMILES string of the molecule is CCc1cnc2c(c1)CCC(C)C2. The summed E-state index contributed by atoms with van der Waals surface area (Å²) < 4.78 is 0. The van der Waals surface area contributed by atoms with E-state index in [4.69, 9.17) is 0 Å². The second-order valence-corrected chi connectivity index (χ2v) is 4.15. The molecule has 0 saturated heterocycles. The molecule has 0 amide bonds. The van der Waals surface area contributed by atoms with E-state index in [2.05, 4.69) is 24.9 Å². The van der Waals surface area contributed by atoms with Crippen molar-refractivity contribution in [1.82, 2.24) is 4.98 Å². The molecule has 1 aliphatic carbocycles. The number of hydrogen-bond acceptors (Lipinski definition) is 1. The molecule has 0 aliphatic heterocycles. The van der Waals surface area contributed by atoms with Gasteiger partial charge in [0.1, 0.15) is 0 Å². The van der Waals surface area contributed by atoms with Crippen LogP contribution in [-0.4, -0.2) is 4.98 Å². The van der Waals surface area contributed by atoms with E-state index >= 15 is 0 Å². The zero-order valence-electron chi connectivity index (χ0n) is 8.51. The number of fused-ring (bicyclic) bond motifs is 1. The Kier molecular flexibility index (Phi) is 2.34. The minimum absolute atomic E-state index is 0.826. The minimum atomic E-state index is 0.826. The summed E-state index contributed by atoms with van der Waals surface area (Å²) in [7, 11) is 0. The molecule has 1 aromatic heterocycles. The summed E-state index contributed by atoms with van der Waals surface area (Å²) in [6, 6.07) is 2.34. The summed E-state index contributed by atoms with van der Waals surface area (Å²) in [4.78, 5) is 4.54. The monoisotopic (exact) mass is 175 g/mol. The first kappa shape index (κ1) is 8.74. The highest BCUT2D eigenvalue weighted by atomic mass is 14.7. The van der Waals surface area contributed by atoms with Crippen LogP contribution in [0.25, 0.3) is 0 Å². The second kappa shape index (κ2) is 3.49. The standard InChI is InChI=1S/C12H17N/c1-3-10-7-11-5-4-9(2)6-12(11)13-8-10/h7-9H,3-6H2,1-2H3. The van der Waals surface area contributed by atoms with Crippen molar-refractivity contribution in [3.63, 3.8) is 0 Å². The van der Waals surface area contributed by atoms with Gasteiger partial charge in [0.25, 0.3) is 0 Å². The molecule has 0 bridgehead atoms. The van der Waals surface area contributed by atoms with E-state index in [-0.39, 0.29) is 0 Å². The first-order valence-corrected chi connectivity index (χ1v) is 5.26. The first-order chi connectivity index (χ1) is 6.29. The molecular weight excluding hydrogens is 158 g/mol. The van der Waals surface area contributed by atoms with Crippen molar-refractivity contribution in [2.75, 3.05) is 0 Å². The van der Waals surface area contributed by atoms with E-state index in [1.165, 1.54) is 36.1 Å². The Morgan fingerprint density at radius 1 is 1.54 bits per heavy atom. The summed E-state index contributed by atoms with van der Waals surface area (Å²) in [6.45, 7) is 4.51. The fourth-order valence-corrected chi connectivity index (χ4v) is 2.02. The number of pyridine rings is 1. The van der Waals surface area contributed by atoms with Crippen molar-refractivity contribution in [3.05, 3.63) is 29.1 Å². The van der Waals surface area contributed by atoms with Crippen LogP contribution >= 0.6 is 0 Å². The zero-order valence-corrected chi connectivity index (χ0v) is 8.51. The van der Waals surface area contributed by atoms with Crippen LogP contribution in [0.4, 0.5) is 0 Å². The van der Waals surface area contributed by atoms with Gasteiger partial charge >= 0.3 is 0 Å². The number of aryl methyl sites for hydroxylation is 2. The minimum Gasteiger partial charge on any atom is -0.261 e. The van der Waals surface area contributed by atoms with Gasteiger partial charge in [0.2, 0.25) is 0 Å². The average molecular weight is 175 g/mol. The number of aromatic nitrogens is 1. The molecule has 1 heterocycles. The van der Waals surface area contributed by atoms with Crippen molar-refractivity contribution >= 4 is 0 Å². The van der Waals surface area contributed by atoms with E-state index in [0.29, 0.717) is 0 Å². The van der Waals surface area contributed by atoms with Crippen LogP contribution < -0.4 is 0 Å². The molecule has 0 spiro atoms. The molecule has 0 fully saturated rings. The normalized spacial score (nSPS) is 21.2. The topological polar surface area (TPSA) is 12.9 Å². The summed E-state index contributed by atoms with van der Waals surface area (Å²) in [5, 5.41) is 0. The number of rotatable bonds is 1. The van der Waals surface area contributed by atoms with E-state index in [0.717, 1.165) is 12.3 Å². The Balaban J connectivity index is 2.31. The van der Waals surface area contributed by atoms with Crippen LogP contribution in [0.5, 0.6) is 0 Å². The lowest BCUT2D eigenvalue weighted by molar-refractivity contribution is 0.491. The molecule has 70 valence electrons. The van der Waals surface area contributed by atoms with Gasteiger partial charge in [-0.3, -0.25) is 4.98 Å². The van der Waals surface area contributed by atoms with Crippen LogP contribution in [-0.2, 0) is 19.3 Å². The molecule has 1 nitrogen and oxygen atoms in total. The zero-order chi connectivity index (χ0) is 9.26. The summed E-state index contributed by atoms with van der Waals surface area (Å²) >= 11 is 0.